The molecule has 0 aromatic heterocycles. The van der Waals surface area contributed by atoms with E-state index in [-0.39, 0.29) is 54.0 Å². The third-order valence-electron chi connectivity index (χ3n) is 9.29. The molecular weight excluding hydrogens is 530 g/mol. The van der Waals surface area contributed by atoms with Gasteiger partial charge in [0.2, 0.25) is 17.7 Å². The fraction of sp³-hybridized carbons (Fsp3) is 0.559. The lowest BCUT2D eigenvalue weighted by molar-refractivity contribution is -0.138. The third-order valence-corrected chi connectivity index (χ3v) is 9.29. The molecule has 8 nitrogen and oxygen atoms in total. The molecule has 2 aromatic rings. The zero-order chi connectivity index (χ0) is 30.0. The molecule has 8 heteroatoms. The maximum absolute atomic E-state index is 13.6. The minimum absolute atomic E-state index is 0.00772. The molecule has 1 unspecified atom stereocenters. The first-order valence-corrected chi connectivity index (χ1v) is 15.4. The molecule has 3 aliphatic rings. The van der Waals surface area contributed by atoms with E-state index in [9.17, 15) is 24.6 Å². The van der Waals surface area contributed by atoms with Crippen molar-refractivity contribution in [1.29, 1.82) is 0 Å². The van der Waals surface area contributed by atoms with Crippen molar-refractivity contribution in [2.45, 2.75) is 83.1 Å². The van der Waals surface area contributed by atoms with Gasteiger partial charge >= 0.3 is 0 Å². The first-order chi connectivity index (χ1) is 20.0. The molecule has 0 radical (unpaired) electrons. The number of nitrogens with one attached hydrogen (secondary N) is 3. The van der Waals surface area contributed by atoms with Crippen molar-refractivity contribution in [3.8, 4) is 0 Å². The SMILES string of the molecule is CC(C)(C)NC(=O)[C@@H]1[C@@H]2CC[C@H](C2)[C@H]1C(=O)NC[C@@H](O)C[C@H](Cc1ccccc1)C(=O)NC1c2ccccc2C[C@H]1O. The molecule has 0 heterocycles. The van der Waals surface area contributed by atoms with Gasteiger partial charge in [0.05, 0.1) is 30.1 Å². The summed E-state index contributed by atoms with van der Waals surface area (Å²) in [5.74, 6) is -1.41. The number of carbonyl (C=O) groups is 3. The summed E-state index contributed by atoms with van der Waals surface area (Å²) in [4.78, 5) is 40.1. The van der Waals surface area contributed by atoms with E-state index >= 15 is 0 Å². The second-order valence-corrected chi connectivity index (χ2v) is 13.6. The van der Waals surface area contributed by atoms with Gasteiger partial charge in [-0.1, -0.05) is 54.6 Å². The number of carbonyl (C=O) groups excluding carboxylic acids is 3. The van der Waals surface area contributed by atoms with E-state index in [4.69, 9.17) is 0 Å². The van der Waals surface area contributed by atoms with Crippen molar-refractivity contribution in [3.05, 3.63) is 71.3 Å². The van der Waals surface area contributed by atoms with Crippen molar-refractivity contribution in [2.75, 3.05) is 6.54 Å². The van der Waals surface area contributed by atoms with Crippen LogP contribution >= 0.6 is 0 Å². The lowest BCUT2D eigenvalue weighted by atomic mass is 9.77. The number of aliphatic hydroxyl groups excluding tert-OH is 2. The quantitative estimate of drug-likeness (QED) is 0.298. The highest BCUT2D eigenvalue weighted by molar-refractivity contribution is 5.89. The van der Waals surface area contributed by atoms with Gasteiger partial charge in [0.1, 0.15) is 0 Å². The average molecular weight is 576 g/mol. The van der Waals surface area contributed by atoms with Crippen molar-refractivity contribution >= 4 is 17.7 Å². The Hall–Kier alpha value is -3.23. The topological polar surface area (TPSA) is 128 Å². The van der Waals surface area contributed by atoms with Gasteiger partial charge in [-0.3, -0.25) is 14.4 Å². The lowest BCUT2D eigenvalue weighted by Gasteiger charge is -2.32. The summed E-state index contributed by atoms with van der Waals surface area (Å²) in [6, 6.07) is 16.9. The third kappa shape index (κ3) is 6.87. The number of hydrogen-bond donors (Lipinski definition) is 5. The van der Waals surface area contributed by atoms with E-state index < -0.39 is 30.1 Å². The van der Waals surface area contributed by atoms with E-state index in [0.29, 0.717) is 12.8 Å². The van der Waals surface area contributed by atoms with Gasteiger partial charge in [-0.05, 0) is 81.4 Å². The van der Waals surface area contributed by atoms with Gasteiger partial charge in [0.25, 0.3) is 0 Å². The number of rotatable bonds is 10. The number of fused-ring (bicyclic) bond motifs is 3. The normalized spacial score (nSPS) is 27.6. The van der Waals surface area contributed by atoms with Crippen molar-refractivity contribution in [1.82, 2.24) is 16.0 Å². The van der Waals surface area contributed by atoms with E-state index in [2.05, 4.69) is 16.0 Å². The summed E-state index contributed by atoms with van der Waals surface area (Å²) in [5, 5.41) is 30.8. The van der Waals surface area contributed by atoms with Crippen LogP contribution in [0.2, 0.25) is 0 Å². The molecule has 226 valence electrons. The van der Waals surface area contributed by atoms with Crippen LogP contribution in [-0.4, -0.2) is 52.2 Å². The predicted octanol–water partition coefficient (Wildman–Crippen LogP) is 3.06. The maximum Gasteiger partial charge on any atom is 0.224 e. The Bertz CT molecular complexity index is 1280. The van der Waals surface area contributed by atoms with Crippen LogP contribution in [-0.2, 0) is 27.2 Å². The zero-order valence-electron chi connectivity index (χ0n) is 24.9. The first kappa shape index (κ1) is 30.2. The molecular formula is C34H45N3O5. The Labute approximate surface area is 248 Å². The smallest absolute Gasteiger partial charge is 0.224 e. The Morgan fingerprint density at radius 2 is 1.57 bits per heavy atom. The molecule has 42 heavy (non-hydrogen) atoms. The molecule has 5 rings (SSSR count). The van der Waals surface area contributed by atoms with Crippen molar-refractivity contribution in [3.63, 3.8) is 0 Å². The number of aliphatic hydroxyl groups is 2. The summed E-state index contributed by atoms with van der Waals surface area (Å²) in [7, 11) is 0. The molecule has 0 saturated heterocycles. The highest BCUT2D eigenvalue weighted by Gasteiger charge is 2.54. The van der Waals surface area contributed by atoms with Gasteiger partial charge in [-0.2, -0.15) is 0 Å². The molecule has 2 fully saturated rings. The van der Waals surface area contributed by atoms with Crippen LogP contribution in [0.3, 0.4) is 0 Å². The monoisotopic (exact) mass is 575 g/mol. The largest absolute Gasteiger partial charge is 0.391 e. The standard InChI is InChI=1S/C34H45N3O5/c1-34(2,3)37-33(42)29-23-14-13-22(16-23)28(29)32(41)35-19-25(38)17-24(15-20-9-5-4-6-10-20)31(40)36-30-26-12-8-7-11-21(26)18-27(30)39/h4-12,22-25,27-30,38-39H,13-19H2,1-3H3,(H,35,41)(H,36,40)(H,37,42)/t22-,23-,24+,25+,27-,28-,29-,30?/m1/s1. The van der Waals surface area contributed by atoms with Gasteiger partial charge < -0.3 is 26.2 Å². The summed E-state index contributed by atoms with van der Waals surface area (Å²) in [5.41, 5.74) is 2.53. The minimum atomic E-state index is -0.949. The summed E-state index contributed by atoms with van der Waals surface area (Å²) < 4.78 is 0. The zero-order valence-corrected chi connectivity index (χ0v) is 24.9. The number of amides is 3. The van der Waals surface area contributed by atoms with Crippen LogP contribution in [0.25, 0.3) is 0 Å². The summed E-state index contributed by atoms with van der Waals surface area (Å²) in [6.45, 7) is 5.83. The molecule has 3 amide bonds. The van der Waals surface area contributed by atoms with Crippen LogP contribution in [0.15, 0.2) is 54.6 Å². The van der Waals surface area contributed by atoms with Crippen LogP contribution < -0.4 is 16.0 Å². The Morgan fingerprint density at radius 1 is 0.929 bits per heavy atom. The second-order valence-electron chi connectivity index (χ2n) is 13.6. The van der Waals surface area contributed by atoms with Crippen LogP contribution in [0.4, 0.5) is 0 Å². The van der Waals surface area contributed by atoms with Gasteiger partial charge in [0, 0.05) is 24.4 Å². The molecule has 3 aliphatic carbocycles. The van der Waals surface area contributed by atoms with Crippen LogP contribution in [0.1, 0.15) is 69.2 Å². The maximum atomic E-state index is 13.6. The molecule has 2 saturated carbocycles. The van der Waals surface area contributed by atoms with Crippen LogP contribution in [0.5, 0.6) is 0 Å². The number of hydrogen-bond acceptors (Lipinski definition) is 5. The molecule has 0 aliphatic heterocycles. The van der Waals surface area contributed by atoms with Crippen molar-refractivity contribution in [2.24, 2.45) is 29.6 Å². The highest BCUT2D eigenvalue weighted by Crippen LogP contribution is 2.52. The molecule has 2 bridgehead atoms. The van der Waals surface area contributed by atoms with Gasteiger partial charge in [-0.15, -0.1) is 0 Å². The van der Waals surface area contributed by atoms with E-state index in [1.54, 1.807) is 0 Å². The first-order valence-electron chi connectivity index (χ1n) is 15.4. The Morgan fingerprint density at radius 3 is 2.26 bits per heavy atom. The molecule has 5 N–H and O–H groups in total. The second kappa shape index (κ2) is 12.6. The van der Waals surface area contributed by atoms with Crippen molar-refractivity contribution < 1.29 is 24.6 Å². The van der Waals surface area contributed by atoms with Crippen LogP contribution in [0, 0.1) is 29.6 Å². The predicted molar refractivity (Wildman–Crippen MR) is 160 cm³/mol. The number of benzene rings is 2. The molecule has 2 aromatic carbocycles. The minimum Gasteiger partial charge on any atom is -0.391 e. The fourth-order valence-electron chi connectivity index (χ4n) is 7.45. The fourth-order valence-corrected chi connectivity index (χ4v) is 7.45. The Balaban J connectivity index is 1.23. The van der Waals surface area contributed by atoms with E-state index in [1.807, 2.05) is 75.4 Å². The molecule has 8 atom stereocenters. The highest BCUT2D eigenvalue weighted by atomic mass is 16.3. The summed E-state index contributed by atoms with van der Waals surface area (Å²) >= 11 is 0. The van der Waals surface area contributed by atoms with E-state index in [0.717, 1.165) is 36.0 Å². The Kier molecular flexibility index (Phi) is 9.04. The average Bonchev–Trinajstić information content (AvgIpc) is 3.64. The van der Waals surface area contributed by atoms with Gasteiger partial charge in [0.15, 0.2) is 0 Å². The summed E-state index contributed by atoms with van der Waals surface area (Å²) in [6.07, 6.45) is 2.19. The van der Waals surface area contributed by atoms with E-state index in [1.165, 1.54) is 0 Å². The van der Waals surface area contributed by atoms with Gasteiger partial charge in [-0.25, -0.2) is 0 Å². The molecule has 0 spiro atoms. The lowest BCUT2D eigenvalue weighted by Crippen LogP contribution is -2.50.